The zero-order valence-electron chi connectivity index (χ0n) is 15.9. The van der Waals surface area contributed by atoms with E-state index in [1.54, 1.807) is 17.9 Å². The third kappa shape index (κ3) is 4.56. The normalized spacial score (nSPS) is 15.2. The van der Waals surface area contributed by atoms with Crippen molar-refractivity contribution in [1.29, 1.82) is 0 Å². The number of carbonyl (C=O) groups is 2. The van der Waals surface area contributed by atoms with Crippen molar-refractivity contribution in [3.8, 4) is 0 Å². The van der Waals surface area contributed by atoms with Crippen LogP contribution in [0, 0.1) is 18.7 Å². The van der Waals surface area contributed by atoms with Gasteiger partial charge in [0.05, 0.1) is 10.6 Å². The van der Waals surface area contributed by atoms with Crippen LogP contribution in [0.25, 0.3) is 0 Å². The van der Waals surface area contributed by atoms with E-state index in [0.717, 1.165) is 6.07 Å². The van der Waals surface area contributed by atoms with Gasteiger partial charge >= 0.3 is 0 Å². The van der Waals surface area contributed by atoms with Crippen LogP contribution in [-0.2, 0) is 14.8 Å². The summed E-state index contributed by atoms with van der Waals surface area (Å²) in [7, 11) is -4.08. The van der Waals surface area contributed by atoms with Gasteiger partial charge in [0.1, 0.15) is 5.82 Å². The Labute approximate surface area is 168 Å². The second-order valence-electron chi connectivity index (χ2n) is 7.03. The lowest BCUT2D eigenvalue weighted by molar-refractivity contribution is -0.123. The van der Waals surface area contributed by atoms with Crippen LogP contribution in [0.3, 0.4) is 0 Å². The average Bonchev–Trinajstić information content (AvgIpc) is 2.69. The molecule has 9 heteroatoms. The van der Waals surface area contributed by atoms with Gasteiger partial charge in [-0.1, -0.05) is 18.2 Å². The number of halogens is 1. The largest absolute Gasteiger partial charge is 0.369 e. The van der Waals surface area contributed by atoms with Crippen LogP contribution in [0.2, 0.25) is 0 Å². The van der Waals surface area contributed by atoms with Gasteiger partial charge in [-0.25, -0.2) is 12.8 Å². The minimum atomic E-state index is -4.08. The van der Waals surface area contributed by atoms with Crippen LogP contribution in [0.4, 0.5) is 10.1 Å². The highest BCUT2D eigenvalue weighted by atomic mass is 32.2. The number of nitrogens with zero attached hydrogens (tertiary/aromatic N) is 1. The van der Waals surface area contributed by atoms with Crippen molar-refractivity contribution in [3.05, 3.63) is 59.4 Å². The molecule has 1 aliphatic rings. The summed E-state index contributed by atoms with van der Waals surface area (Å²) in [5.41, 5.74) is 6.02. The molecule has 0 spiro atoms. The second-order valence-corrected chi connectivity index (χ2v) is 8.71. The number of carbonyl (C=O) groups excluding carboxylic acids is 2. The number of anilines is 1. The molecule has 3 rings (SSSR count). The summed E-state index contributed by atoms with van der Waals surface area (Å²) in [5, 5.41) is 0. The molecule has 7 nitrogen and oxygen atoms in total. The lowest BCUT2D eigenvalue weighted by Crippen LogP contribution is -2.42. The Morgan fingerprint density at radius 3 is 2.41 bits per heavy atom. The van der Waals surface area contributed by atoms with E-state index in [9.17, 15) is 22.4 Å². The Morgan fingerprint density at radius 2 is 1.79 bits per heavy atom. The number of piperidine rings is 1. The van der Waals surface area contributed by atoms with Gasteiger partial charge in [-0.15, -0.1) is 0 Å². The van der Waals surface area contributed by atoms with Gasteiger partial charge in [-0.3, -0.25) is 14.3 Å². The number of amides is 2. The molecule has 1 aliphatic heterocycles. The molecule has 2 aromatic rings. The maximum atomic E-state index is 13.8. The second kappa shape index (κ2) is 8.20. The molecule has 0 aliphatic carbocycles. The fourth-order valence-electron chi connectivity index (χ4n) is 3.28. The minimum absolute atomic E-state index is 0.137. The van der Waals surface area contributed by atoms with Crippen LogP contribution in [0.1, 0.15) is 28.8 Å². The summed E-state index contributed by atoms with van der Waals surface area (Å²) in [5.74, 6) is -1.64. The Morgan fingerprint density at radius 1 is 1.14 bits per heavy atom. The quantitative estimate of drug-likeness (QED) is 0.775. The van der Waals surface area contributed by atoms with E-state index in [2.05, 4.69) is 4.72 Å². The van der Waals surface area contributed by atoms with E-state index in [-0.39, 0.29) is 33.9 Å². The average molecular weight is 419 g/mol. The van der Waals surface area contributed by atoms with Crippen LogP contribution in [0.15, 0.2) is 47.4 Å². The Bertz CT molecular complexity index is 1050. The minimum Gasteiger partial charge on any atom is -0.369 e. The molecule has 3 N–H and O–H groups in total. The molecule has 0 bridgehead atoms. The van der Waals surface area contributed by atoms with E-state index in [1.165, 1.54) is 30.3 Å². The molecule has 0 unspecified atom stereocenters. The van der Waals surface area contributed by atoms with Crippen molar-refractivity contribution in [2.75, 3.05) is 17.8 Å². The summed E-state index contributed by atoms with van der Waals surface area (Å²) in [4.78, 5) is 25.7. The number of nitrogens with two attached hydrogens (primary N) is 1. The Hall–Kier alpha value is -2.94. The highest BCUT2D eigenvalue weighted by Crippen LogP contribution is 2.24. The van der Waals surface area contributed by atoms with Gasteiger partial charge in [0.15, 0.2) is 0 Å². The van der Waals surface area contributed by atoms with Gasteiger partial charge in [0.25, 0.3) is 15.9 Å². The zero-order valence-corrected chi connectivity index (χ0v) is 16.7. The fraction of sp³-hybridized carbons (Fsp3) is 0.300. The SMILES string of the molecule is Cc1ccc(S(=O)(=O)Nc2ccccc2F)cc1C(=O)N1CCC(C(N)=O)CC1. The highest BCUT2D eigenvalue weighted by Gasteiger charge is 2.28. The molecule has 0 aromatic heterocycles. The van der Waals surface area contributed by atoms with Crippen LogP contribution in [-0.4, -0.2) is 38.2 Å². The Kier molecular flexibility index (Phi) is 5.88. The van der Waals surface area contributed by atoms with E-state index >= 15 is 0 Å². The summed E-state index contributed by atoms with van der Waals surface area (Å²) >= 11 is 0. The molecule has 0 saturated carbocycles. The zero-order chi connectivity index (χ0) is 21.2. The van der Waals surface area contributed by atoms with Gasteiger partial charge < -0.3 is 10.6 Å². The third-order valence-corrected chi connectivity index (χ3v) is 6.42. The predicted molar refractivity (Wildman–Crippen MR) is 106 cm³/mol. The van der Waals surface area contributed by atoms with Crippen molar-refractivity contribution in [3.63, 3.8) is 0 Å². The predicted octanol–water partition coefficient (Wildman–Crippen LogP) is 2.27. The number of hydrogen-bond donors (Lipinski definition) is 2. The molecule has 1 saturated heterocycles. The summed E-state index contributed by atoms with van der Waals surface area (Å²) < 4.78 is 41.4. The molecule has 1 fully saturated rings. The number of rotatable bonds is 5. The van der Waals surface area contributed by atoms with E-state index < -0.39 is 15.8 Å². The highest BCUT2D eigenvalue weighted by molar-refractivity contribution is 7.92. The van der Waals surface area contributed by atoms with Crippen molar-refractivity contribution in [2.24, 2.45) is 11.7 Å². The Balaban J connectivity index is 1.83. The van der Waals surface area contributed by atoms with E-state index in [0.29, 0.717) is 31.5 Å². The maximum absolute atomic E-state index is 13.8. The van der Waals surface area contributed by atoms with Crippen molar-refractivity contribution >= 4 is 27.5 Å². The molecular formula is C20H22FN3O4S. The van der Waals surface area contributed by atoms with Gasteiger partial charge in [0.2, 0.25) is 5.91 Å². The summed E-state index contributed by atoms with van der Waals surface area (Å²) in [6.45, 7) is 2.46. The number of nitrogens with one attached hydrogen (secondary N) is 1. The monoisotopic (exact) mass is 419 g/mol. The van der Waals surface area contributed by atoms with E-state index in [4.69, 9.17) is 5.73 Å². The first-order valence-corrected chi connectivity index (χ1v) is 10.6. The van der Waals surface area contributed by atoms with Crippen molar-refractivity contribution in [1.82, 2.24) is 4.90 Å². The number of aryl methyl sites for hydroxylation is 1. The topological polar surface area (TPSA) is 110 Å². The number of primary amides is 1. The molecule has 2 amide bonds. The van der Waals surface area contributed by atoms with Crippen LogP contribution in [0.5, 0.6) is 0 Å². The summed E-state index contributed by atoms with van der Waals surface area (Å²) in [6.07, 6.45) is 0.958. The maximum Gasteiger partial charge on any atom is 0.262 e. The standard InChI is InChI=1S/C20H22FN3O4S/c1-13-6-7-15(29(27,28)23-18-5-3-2-4-17(18)21)12-16(13)20(26)24-10-8-14(9-11-24)19(22)25/h2-7,12,14,23H,8-11H2,1H3,(H2,22,25). The van der Waals surface area contributed by atoms with Crippen molar-refractivity contribution in [2.45, 2.75) is 24.7 Å². The molecule has 1 heterocycles. The summed E-state index contributed by atoms with van der Waals surface area (Å²) in [6, 6.07) is 9.64. The number of hydrogen-bond acceptors (Lipinski definition) is 4. The third-order valence-electron chi connectivity index (χ3n) is 5.05. The number of benzene rings is 2. The van der Waals surface area contributed by atoms with Gasteiger partial charge in [-0.05, 0) is 49.6 Å². The lowest BCUT2D eigenvalue weighted by atomic mass is 9.95. The van der Waals surface area contributed by atoms with Gasteiger partial charge in [-0.2, -0.15) is 0 Å². The number of para-hydroxylation sites is 1. The van der Waals surface area contributed by atoms with Crippen molar-refractivity contribution < 1.29 is 22.4 Å². The number of sulfonamides is 1. The first-order valence-electron chi connectivity index (χ1n) is 9.15. The van der Waals surface area contributed by atoms with Crippen LogP contribution >= 0.6 is 0 Å². The van der Waals surface area contributed by atoms with Gasteiger partial charge in [0, 0.05) is 24.6 Å². The smallest absolute Gasteiger partial charge is 0.262 e. The van der Waals surface area contributed by atoms with E-state index in [1.807, 2.05) is 0 Å². The number of likely N-dealkylation sites (tertiary alicyclic amines) is 1. The lowest BCUT2D eigenvalue weighted by Gasteiger charge is -2.31. The molecule has 0 atom stereocenters. The molecule has 29 heavy (non-hydrogen) atoms. The van der Waals surface area contributed by atoms with Crippen LogP contribution < -0.4 is 10.5 Å². The molecule has 2 aromatic carbocycles. The first kappa shape index (κ1) is 20.8. The molecular weight excluding hydrogens is 397 g/mol. The first-order chi connectivity index (χ1) is 13.7. The molecule has 0 radical (unpaired) electrons. The fourth-order valence-corrected chi connectivity index (χ4v) is 4.38. The molecule has 154 valence electrons.